The largest absolute Gasteiger partial charge is 0.312 e. The molecule has 1 N–H and O–H groups in total. The van der Waals surface area contributed by atoms with Crippen molar-refractivity contribution in [3.05, 3.63) is 39.2 Å². The van der Waals surface area contributed by atoms with Crippen LogP contribution in [0.4, 0.5) is 0 Å². The molecular formula is C15H20N2S. The molecule has 2 aromatic rings. The van der Waals surface area contributed by atoms with E-state index in [-0.39, 0.29) is 0 Å². The molecule has 0 amide bonds. The fourth-order valence-corrected chi connectivity index (χ4v) is 2.97. The summed E-state index contributed by atoms with van der Waals surface area (Å²) in [6.45, 7) is 8.54. The second-order valence-electron chi connectivity index (χ2n) is 4.76. The van der Waals surface area contributed by atoms with Gasteiger partial charge in [-0.3, -0.25) is 0 Å². The Morgan fingerprint density at radius 3 is 2.50 bits per heavy atom. The van der Waals surface area contributed by atoms with Gasteiger partial charge in [0, 0.05) is 16.5 Å². The normalized spacial score (nSPS) is 12.7. The minimum atomic E-state index is 0.341. The van der Waals surface area contributed by atoms with Crippen molar-refractivity contribution in [1.82, 2.24) is 10.3 Å². The van der Waals surface area contributed by atoms with E-state index in [0.717, 1.165) is 10.7 Å². The van der Waals surface area contributed by atoms with Crippen LogP contribution in [0.5, 0.6) is 0 Å². The predicted octanol–water partition coefficient (Wildman–Crippen LogP) is 4.02. The average molecular weight is 260 g/mol. The Morgan fingerprint density at radius 1 is 1.17 bits per heavy atom. The molecule has 0 saturated heterocycles. The standard InChI is InChI=1S/C15H20N2S/c1-9-6-7-13(8-10(9)2)14-15(11(3)16-5)18-12(4)17-14/h6-8,11,16H,1-5H3. The van der Waals surface area contributed by atoms with Gasteiger partial charge in [-0.2, -0.15) is 0 Å². The van der Waals surface area contributed by atoms with Gasteiger partial charge >= 0.3 is 0 Å². The topological polar surface area (TPSA) is 24.9 Å². The maximum absolute atomic E-state index is 4.70. The molecule has 1 unspecified atom stereocenters. The lowest BCUT2D eigenvalue weighted by molar-refractivity contribution is 0.664. The van der Waals surface area contributed by atoms with Crippen molar-refractivity contribution in [2.24, 2.45) is 0 Å². The maximum Gasteiger partial charge on any atom is 0.0905 e. The Kier molecular flexibility index (Phi) is 3.83. The molecule has 0 spiro atoms. The van der Waals surface area contributed by atoms with Crippen LogP contribution in [-0.4, -0.2) is 12.0 Å². The molecule has 0 aliphatic rings. The maximum atomic E-state index is 4.70. The number of rotatable bonds is 3. The van der Waals surface area contributed by atoms with Crippen molar-refractivity contribution in [2.45, 2.75) is 33.7 Å². The number of benzene rings is 1. The third-order valence-electron chi connectivity index (χ3n) is 3.37. The molecule has 0 fully saturated rings. The monoisotopic (exact) mass is 260 g/mol. The predicted molar refractivity (Wildman–Crippen MR) is 79.2 cm³/mol. The summed E-state index contributed by atoms with van der Waals surface area (Å²) in [5.74, 6) is 0. The van der Waals surface area contributed by atoms with E-state index in [1.54, 1.807) is 11.3 Å². The van der Waals surface area contributed by atoms with Crippen LogP contribution in [0.15, 0.2) is 18.2 Å². The van der Waals surface area contributed by atoms with E-state index in [1.807, 2.05) is 7.05 Å². The van der Waals surface area contributed by atoms with E-state index in [0.29, 0.717) is 6.04 Å². The van der Waals surface area contributed by atoms with Gasteiger partial charge in [-0.15, -0.1) is 11.3 Å². The van der Waals surface area contributed by atoms with Crippen molar-refractivity contribution in [1.29, 1.82) is 0 Å². The number of hydrogen-bond acceptors (Lipinski definition) is 3. The number of aryl methyl sites for hydroxylation is 3. The summed E-state index contributed by atoms with van der Waals surface area (Å²) in [6, 6.07) is 6.92. The molecule has 1 atom stereocenters. The van der Waals surface area contributed by atoms with Gasteiger partial charge in [-0.05, 0) is 51.9 Å². The van der Waals surface area contributed by atoms with Crippen LogP contribution in [0, 0.1) is 20.8 Å². The molecule has 1 aromatic carbocycles. The van der Waals surface area contributed by atoms with Gasteiger partial charge in [0.2, 0.25) is 0 Å². The fraction of sp³-hybridized carbons (Fsp3) is 0.400. The molecule has 0 aliphatic heterocycles. The second kappa shape index (κ2) is 5.21. The molecule has 0 radical (unpaired) electrons. The van der Waals surface area contributed by atoms with Crippen LogP contribution in [0.2, 0.25) is 0 Å². The highest BCUT2D eigenvalue weighted by Crippen LogP contribution is 2.33. The summed E-state index contributed by atoms with van der Waals surface area (Å²) >= 11 is 1.78. The molecule has 96 valence electrons. The van der Waals surface area contributed by atoms with E-state index in [1.165, 1.54) is 21.6 Å². The summed E-state index contributed by atoms with van der Waals surface area (Å²) < 4.78 is 0. The van der Waals surface area contributed by atoms with Crippen LogP contribution in [-0.2, 0) is 0 Å². The molecular weight excluding hydrogens is 240 g/mol. The smallest absolute Gasteiger partial charge is 0.0905 e. The Hall–Kier alpha value is -1.19. The highest BCUT2D eigenvalue weighted by atomic mass is 32.1. The quantitative estimate of drug-likeness (QED) is 0.901. The summed E-state index contributed by atoms with van der Waals surface area (Å²) in [5.41, 5.74) is 5.00. The summed E-state index contributed by atoms with van der Waals surface area (Å²) in [5, 5.41) is 4.43. The van der Waals surface area contributed by atoms with Crippen molar-refractivity contribution in [3.63, 3.8) is 0 Å². The zero-order chi connectivity index (χ0) is 13.3. The third kappa shape index (κ3) is 2.47. The first-order valence-corrected chi connectivity index (χ1v) is 7.06. The highest BCUT2D eigenvalue weighted by Gasteiger charge is 2.16. The molecule has 18 heavy (non-hydrogen) atoms. The van der Waals surface area contributed by atoms with Gasteiger partial charge in [0.1, 0.15) is 0 Å². The molecule has 2 rings (SSSR count). The Morgan fingerprint density at radius 2 is 1.89 bits per heavy atom. The lowest BCUT2D eigenvalue weighted by Gasteiger charge is -2.11. The van der Waals surface area contributed by atoms with Gasteiger partial charge in [0.25, 0.3) is 0 Å². The molecule has 2 nitrogen and oxygen atoms in total. The summed E-state index contributed by atoms with van der Waals surface area (Å²) in [4.78, 5) is 6.02. The van der Waals surface area contributed by atoms with Crippen LogP contribution >= 0.6 is 11.3 Å². The molecule has 1 heterocycles. The molecule has 0 bridgehead atoms. The number of aromatic nitrogens is 1. The minimum absolute atomic E-state index is 0.341. The zero-order valence-electron chi connectivity index (χ0n) is 11.7. The first-order chi connectivity index (χ1) is 8.52. The van der Waals surface area contributed by atoms with Crippen molar-refractivity contribution >= 4 is 11.3 Å². The number of nitrogens with zero attached hydrogens (tertiary/aromatic N) is 1. The average Bonchev–Trinajstić information content (AvgIpc) is 2.74. The molecule has 0 aliphatic carbocycles. The van der Waals surface area contributed by atoms with Crippen LogP contribution in [0.3, 0.4) is 0 Å². The lowest BCUT2D eigenvalue weighted by atomic mass is 10.0. The van der Waals surface area contributed by atoms with Gasteiger partial charge < -0.3 is 5.32 Å². The van der Waals surface area contributed by atoms with Gasteiger partial charge in [-0.25, -0.2) is 4.98 Å². The van der Waals surface area contributed by atoms with Crippen LogP contribution in [0.1, 0.15) is 34.0 Å². The first kappa shape index (κ1) is 13.2. The fourth-order valence-electron chi connectivity index (χ4n) is 1.96. The van der Waals surface area contributed by atoms with Gasteiger partial charge in [0.15, 0.2) is 0 Å². The van der Waals surface area contributed by atoms with E-state index >= 15 is 0 Å². The van der Waals surface area contributed by atoms with Crippen molar-refractivity contribution in [2.75, 3.05) is 7.05 Å². The lowest BCUT2D eigenvalue weighted by Crippen LogP contribution is -2.11. The summed E-state index contributed by atoms with van der Waals surface area (Å²) in [7, 11) is 1.99. The third-order valence-corrected chi connectivity index (χ3v) is 4.52. The summed E-state index contributed by atoms with van der Waals surface area (Å²) in [6.07, 6.45) is 0. The number of thiazole rings is 1. The van der Waals surface area contributed by atoms with E-state index < -0.39 is 0 Å². The first-order valence-electron chi connectivity index (χ1n) is 6.25. The second-order valence-corrected chi connectivity index (χ2v) is 5.99. The van der Waals surface area contributed by atoms with Gasteiger partial charge in [0.05, 0.1) is 10.7 Å². The van der Waals surface area contributed by atoms with E-state index in [4.69, 9.17) is 4.98 Å². The van der Waals surface area contributed by atoms with Gasteiger partial charge in [-0.1, -0.05) is 12.1 Å². The molecule has 1 aromatic heterocycles. The van der Waals surface area contributed by atoms with Crippen LogP contribution < -0.4 is 5.32 Å². The highest BCUT2D eigenvalue weighted by molar-refractivity contribution is 7.12. The van der Waals surface area contributed by atoms with Crippen molar-refractivity contribution in [3.8, 4) is 11.3 Å². The Labute approximate surface area is 113 Å². The molecule has 0 saturated carbocycles. The Balaban J connectivity index is 2.52. The Bertz CT molecular complexity index is 558. The van der Waals surface area contributed by atoms with E-state index in [9.17, 15) is 0 Å². The SMILES string of the molecule is CNC(C)c1sc(C)nc1-c1ccc(C)c(C)c1. The minimum Gasteiger partial charge on any atom is -0.312 e. The molecule has 3 heteroatoms. The number of nitrogens with one attached hydrogen (secondary N) is 1. The number of hydrogen-bond donors (Lipinski definition) is 1. The zero-order valence-corrected chi connectivity index (χ0v) is 12.5. The van der Waals surface area contributed by atoms with E-state index in [2.05, 4.69) is 51.2 Å². The van der Waals surface area contributed by atoms with Crippen LogP contribution in [0.25, 0.3) is 11.3 Å². The van der Waals surface area contributed by atoms with Crippen molar-refractivity contribution < 1.29 is 0 Å².